The minimum absolute atomic E-state index is 0.152. The molecule has 23 heavy (non-hydrogen) atoms. The largest absolute Gasteiger partial charge is 0.497 e. The van der Waals surface area contributed by atoms with Crippen LogP contribution in [0.2, 0.25) is 0 Å². The van der Waals surface area contributed by atoms with Crippen molar-refractivity contribution < 1.29 is 13.5 Å². The van der Waals surface area contributed by atoms with Gasteiger partial charge in [0, 0.05) is 26.0 Å². The lowest BCUT2D eigenvalue weighted by Crippen LogP contribution is -2.37. The van der Waals surface area contributed by atoms with Gasteiger partial charge in [0.2, 0.25) is 0 Å². The van der Waals surface area contributed by atoms with Crippen LogP contribution in [0.4, 0.5) is 8.78 Å². The number of aliphatic imine (C=N–C) groups is 1. The SMILES string of the molecule is CN=C(NCc1ccc(OC)cc1)NCc1nccn1C(F)F. The third kappa shape index (κ3) is 4.67. The van der Waals surface area contributed by atoms with Gasteiger partial charge in [0.25, 0.3) is 0 Å². The molecular weight excluding hydrogens is 304 g/mol. The molecule has 0 saturated heterocycles. The lowest BCUT2D eigenvalue weighted by molar-refractivity contribution is 0.0668. The molecule has 0 spiro atoms. The highest BCUT2D eigenvalue weighted by molar-refractivity contribution is 5.79. The number of imidazole rings is 1. The zero-order chi connectivity index (χ0) is 16.7. The minimum atomic E-state index is -2.61. The molecule has 0 atom stereocenters. The maximum Gasteiger partial charge on any atom is 0.319 e. The van der Waals surface area contributed by atoms with E-state index in [0.29, 0.717) is 12.5 Å². The Bertz CT molecular complexity index is 640. The monoisotopic (exact) mass is 323 g/mol. The first-order chi connectivity index (χ1) is 11.1. The number of ether oxygens (including phenoxy) is 1. The summed E-state index contributed by atoms with van der Waals surface area (Å²) < 4.78 is 31.4. The topological polar surface area (TPSA) is 63.5 Å². The molecule has 1 aromatic heterocycles. The fourth-order valence-corrected chi connectivity index (χ4v) is 1.97. The lowest BCUT2D eigenvalue weighted by atomic mass is 10.2. The van der Waals surface area contributed by atoms with Crippen LogP contribution in [0.25, 0.3) is 0 Å². The number of hydrogen-bond acceptors (Lipinski definition) is 3. The number of hydrogen-bond donors (Lipinski definition) is 2. The van der Waals surface area contributed by atoms with Gasteiger partial charge in [0.05, 0.1) is 13.7 Å². The van der Waals surface area contributed by atoms with E-state index in [4.69, 9.17) is 4.74 Å². The van der Waals surface area contributed by atoms with Crippen molar-refractivity contribution in [3.63, 3.8) is 0 Å². The number of benzene rings is 1. The van der Waals surface area contributed by atoms with E-state index in [1.54, 1.807) is 14.2 Å². The molecule has 8 heteroatoms. The molecule has 0 saturated carbocycles. The molecule has 2 aromatic rings. The van der Waals surface area contributed by atoms with Gasteiger partial charge in [-0.1, -0.05) is 12.1 Å². The highest BCUT2D eigenvalue weighted by Gasteiger charge is 2.11. The zero-order valence-corrected chi connectivity index (χ0v) is 13.0. The van der Waals surface area contributed by atoms with E-state index in [9.17, 15) is 8.78 Å². The van der Waals surface area contributed by atoms with Gasteiger partial charge in [0.15, 0.2) is 5.96 Å². The molecule has 1 heterocycles. The van der Waals surface area contributed by atoms with Crippen molar-refractivity contribution in [2.45, 2.75) is 19.6 Å². The molecule has 6 nitrogen and oxygen atoms in total. The van der Waals surface area contributed by atoms with E-state index in [1.807, 2.05) is 24.3 Å². The normalized spacial score (nSPS) is 11.6. The van der Waals surface area contributed by atoms with Crippen LogP contribution in [0, 0.1) is 0 Å². The smallest absolute Gasteiger partial charge is 0.319 e. The third-order valence-corrected chi connectivity index (χ3v) is 3.22. The number of rotatable bonds is 6. The van der Waals surface area contributed by atoms with Crippen LogP contribution in [0.1, 0.15) is 17.9 Å². The highest BCUT2D eigenvalue weighted by atomic mass is 19.3. The summed E-state index contributed by atoms with van der Waals surface area (Å²) in [6.45, 7) is -1.91. The van der Waals surface area contributed by atoms with Gasteiger partial charge < -0.3 is 15.4 Å². The van der Waals surface area contributed by atoms with Crippen molar-refractivity contribution in [3.8, 4) is 5.75 Å². The quantitative estimate of drug-likeness (QED) is 0.632. The number of aromatic nitrogens is 2. The summed E-state index contributed by atoms with van der Waals surface area (Å²) in [6, 6.07) is 7.60. The number of guanidine groups is 1. The van der Waals surface area contributed by atoms with Gasteiger partial charge in [-0.25, -0.2) is 4.98 Å². The average molecular weight is 323 g/mol. The van der Waals surface area contributed by atoms with Crippen LogP contribution in [0.5, 0.6) is 5.75 Å². The van der Waals surface area contributed by atoms with E-state index in [1.165, 1.54) is 12.4 Å². The van der Waals surface area contributed by atoms with Crippen LogP contribution in [-0.4, -0.2) is 29.7 Å². The van der Waals surface area contributed by atoms with Crippen molar-refractivity contribution in [2.75, 3.05) is 14.2 Å². The summed E-state index contributed by atoms with van der Waals surface area (Å²) in [5.74, 6) is 1.53. The Morgan fingerprint density at radius 3 is 2.57 bits per heavy atom. The summed E-state index contributed by atoms with van der Waals surface area (Å²) in [7, 11) is 3.23. The van der Waals surface area contributed by atoms with Crippen LogP contribution >= 0.6 is 0 Å². The molecule has 2 rings (SSSR count). The summed E-state index contributed by atoms with van der Waals surface area (Å²) in [4.78, 5) is 7.96. The summed E-state index contributed by atoms with van der Waals surface area (Å²) >= 11 is 0. The van der Waals surface area contributed by atoms with Crippen molar-refractivity contribution in [1.82, 2.24) is 20.2 Å². The Morgan fingerprint density at radius 1 is 1.26 bits per heavy atom. The number of halogens is 2. The molecule has 0 amide bonds. The van der Waals surface area contributed by atoms with Crippen LogP contribution < -0.4 is 15.4 Å². The molecule has 0 aliphatic carbocycles. The van der Waals surface area contributed by atoms with Gasteiger partial charge >= 0.3 is 6.55 Å². The Hall–Kier alpha value is -2.64. The first kappa shape index (κ1) is 16.7. The lowest BCUT2D eigenvalue weighted by Gasteiger charge is -2.13. The highest BCUT2D eigenvalue weighted by Crippen LogP contribution is 2.12. The second-order valence-electron chi connectivity index (χ2n) is 4.66. The van der Waals surface area contributed by atoms with Crippen LogP contribution in [0.3, 0.4) is 0 Å². The zero-order valence-electron chi connectivity index (χ0n) is 13.0. The van der Waals surface area contributed by atoms with E-state index >= 15 is 0 Å². The maximum absolute atomic E-state index is 12.7. The second kappa shape index (κ2) is 8.11. The van der Waals surface area contributed by atoms with E-state index < -0.39 is 6.55 Å². The minimum Gasteiger partial charge on any atom is -0.497 e. The first-order valence-corrected chi connectivity index (χ1v) is 7.01. The van der Waals surface area contributed by atoms with E-state index in [-0.39, 0.29) is 12.4 Å². The molecule has 0 unspecified atom stereocenters. The second-order valence-corrected chi connectivity index (χ2v) is 4.66. The van der Waals surface area contributed by atoms with Crippen LogP contribution in [-0.2, 0) is 13.1 Å². The first-order valence-electron chi connectivity index (χ1n) is 7.01. The predicted octanol–water partition coefficient (Wildman–Crippen LogP) is 2.15. The maximum atomic E-state index is 12.7. The van der Waals surface area contributed by atoms with Gasteiger partial charge in [-0.2, -0.15) is 8.78 Å². The Morgan fingerprint density at radius 2 is 1.96 bits per heavy atom. The fraction of sp³-hybridized carbons (Fsp3) is 0.333. The van der Waals surface area contributed by atoms with Gasteiger partial charge in [-0.15, -0.1) is 0 Å². The summed E-state index contributed by atoms with van der Waals surface area (Å²) in [6.07, 6.45) is 2.59. The Labute approximate surface area is 133 Å². The van der Waals surface area contributed by atoms with Crippen molar-refractivity contribution in [2.24, 2.45) is 4.99 Å². The van der Waals surface area contributed by atoms with Crippen LogP contribution in [0.15, 0.2) is 41.7 Å². The standard InChI is InChI=1S/C15H19F2N5O/c1-18-15(20-9-11-3-5-12(23-2)6-4-11)21-10-13-19-7-8-22(13)14(16)17/h3-8,14H,9-10H2,1-2H3,(H2,18,20,21). The van der Waals surface area contributed by atoms with Gasteiger partial charge in [-0.05, 0) is 17.7 Å². The number of methoxy groups -OCH3 is 1. The van der Waals surface area contributed by atoms with E-state index in [0.717, 1.165) is 15.9 Å². The van der Waals surface area contributed by atoms with Gasteiger partial charge in [0.1, 0.15) is 11.6 Å². The fourth-order valence-electron chi connectivity index (χ4n) is 1.97. The molecule has 124 valence electrons. The number of nitrogens with zero attached hydrogens (tertiary/aromatic N) is 3. The molecule has 0 bridgehead atoms. The Kier molecular flexibility index (Phi) is 5.90. The summed E-state index contributed by atoms with van der Waals surface area (Å²) in [5.41, 5.74) is 1.04. The molecule has 0 fully saturated rings. The van der Waals surface area contributed by atoms with Crippen molar-refractivity contribution in [3.05, 3.63) is 48.0 Å². The number of nitrogens with one attached hydrogen (secondary N) is 2. The predicted molar refractivity (Wildman–Crippen MR) is 83.5 cm³/mol. The molecule has 2 N–H and O–H groups in total. The molecule has 1 aromatic carbocycles. The number of alkyl halides is 2. The van der Waals surface area contributed by atoms with E-state index in [2.05, 4.69) is 20.6 Å². The average Bonchev–Trinajstić information content (AvgIpc) is 3.04. The molecule has 0 aliphatic heterocycles. The molecule has 0 aliphatic rings. The molecule has 0 radical (unpaired) electrons. The van der Waals surface area contributed by atoms with Crippen molar-refractivity contribution >= 4 is 5.96 Å². The Balaban J connectivity index is 1.86. The molecular formula is C15H19F2N5O. The van der Waals surface area contributed by atoms with Gasteiger partial charge in [-0.3, -0.25) is 9.56 Å². The summed E-state index contributed by atoms with van der Waals surface area (Å²) in [5, 5.41) is 6.07. The van der Waals surface area contributed by atoms with Crippen molar-refractivity contribution in [1.29, 1.82) is 0 Å². The third-order valence-electron chi connectivity index (χ3n) is 3.22.